The number of likely N-dealkylation sites (N-methyl/N-ethyl adjacent to an activating group) is 1. The van der Waals surface area contributed by atoms with Crippen LogP contribution in [0.5, 0.6) is 0 Å². The molecule has 0 amide bonds. The van der Waals surface area contributed by atoms with Crippen LogP contribution in [-0.4, -0.2) is 71.9 Å². The number of H-pyrrole nitrogens is 1. The van der Waals surface area contributed by atoms with Gasteiger partial charge in [-0.05, 0) is 38.7 Å². The highest BCUT2D eigenvalue weighted by Crippen LogP contribution is 2.41. The molecule has 0 saturated carbocycles. The van der Waals surface area contributed by atoms with Crippen molar-refractivity contribution in [3.05, 3.63) is 46.6 Å². The molecule has 1 saturated heterocycles. The van der Waals surface area contributed by atoms with E-state index in [1.54, 1.807) is 6.20 Å². The van der Waals surface area contributed by atoms with Gasteiger partial charge in [0.15, 0.2) is 5.82 Å². The number of piperazine rings is 1. The zero-order chi connectivity index (χ0) is 23.1. The Balaban J connectivity index is 1.76. The summed E-state index contributed by atoms with van der Waals surface area (Å²) in [7, 11) is 4.01. The molecule has 0 atom stereocenters. The molecule has 172 valence electrons. The first kappa shape index (κ1) is 22.0. The standard InChI is InChI=1S/C24H27ClFN7/c1-14-4-5-18-16(13-28-31-18)20(14)21-17(25)12-15-23(22(21)26)29-19(6-9-32(2)3)30-24(15)33-10-7-27-8-11-33/h4-5,12-13,27H,6-11H2,1-3H3,(H,28,31). The Bertz CT molecular complexity index is 1330. The molecule has 1 aliphatic heterocycles. The average Bonchev–Trinajstić information content (AvgIpc) is 3.28. The lowest BCUT2D eigenvalue weighted by molar-refractivity contribution is 0.409. The number of anilines is 1. The fourth-order valence-electron chi connectivity index (χ4n) is 4.47. The van der Waals surface area contributed by atoms with Gasteiger partial charge in [0.2, 0.25) is 0 Å². The van der Waals surface area contributed by atoms with Gasteiger partial charge >= 0.3 is 0 Å². The van der Waals surface area contributed by atoms with Gasteiger partial charge in [0.1, 0.15) is 17.2 Å². The molecule has 9 heteroatoms. The molecule has 0 bridgehead atoms. The number of aromatic nitrogens is 4. The maximum Gasteiger partial charge on any atom is 0.158 e. The highest BCUT2D eigenvalue weighted by molar-refractivity contribution is 6.35. The highest BCUT2D eigenvalue weighted by Gasteiger charge is 2.24. The van der Waals surface area contributed by atoms with E-state index in [1.807, 2.05) is 39.2 Å². The fraction of sp³-hybridized carbons (Fsp3) is 0.375. The van der Waals surface area contributed by atoms with Crippen molar-refractivity contribution in [3.63, 3.8) is 0 Å². The van der Waals surface area contributed by atoms with Gasteiger partial charge in [-0.25, -0.2) is 14.4 Å². The van der Waals surface area contributed by atoms with Gasteiger partial charge in [0.05, 0.1) is 16.7 Å². The Morgan fingerprint density at radius 1 is 1.12 bits per heavy atom. The molecule has 2 aromatic heterocycles. The summed E-state index contributed by atoms with van der Waals surface area (Å²) in [6.45, 7) is 6.04. The Morgan fingerprint density at radius 3 is 2.67 bits per heavy atom. The van der Waals surface area contributed by atoms with E-state index in [4.69, 9.17) is 16.6 Å². The molecule has 0 aliphatic carbocycles. The number of halogens is 2. The number of fused-ring (bicyclic) bond motifs is 2. The van der Waals surface area contributed by atoms with Gasteiger partial charge < -0.3 is 15.1 Å². The highest BCUT2D eigenvalue weighted by atomic mass is 35.5. The number of aryl methyl sites for hydroxylation is 1. The first-order chi connectivity index (χ1) is 15.9. The van der Waals surface area contributed by atoms with Crippen LogP contribution in [0.15, 0.2) is 24.4 Å². The summed E-state index contributed by atoms with van der Waals surface area (Å²) in [5.74, 6) is 0.968. The molecule has 5 rings (SSSR count). The Hall–Kier alpha value is -2.81. The van der Waals surface area contributed by atoms with Crippen molar-refractivity contribution in [2.24, 2.45) is 0 Å². The monoisotopic (exact) mass is 467 g/mol. The summed E-state index contributed by atoms with van der Waals surface area (Å²) < 4.78 is 16.3. The van der Waals surface area contributed by atoms with Crippen LogP contribution in [-0.2, 0) is 6.42 Å². The van der Waals surface area contributed by atoms with Gasteiger partial charge in [-0.15, -0.1) is 0 Å². The lowest BCUT2D eigenvalue weighted by Gasteiger charge is -2.30. The Morgan fingerprint density at radius 2 is 1.91 bits per heavy atom. The molecule has 0 radical (unpaired) electrons. The number of aromatic amines is 1. The fourth-order valence-corrected chi connectivity index (χ4v) is 4.75. The topological polar surface area (TPSA) is 73.0 Å². The number of rotatable bonds is 5. The van der Waals surface area contributed by atoms with E-state index in [9.17, 15) is 0 Å². The van der Waals surface area contributed by atoms with Crippen molar-refractivity contribution in [2.45, 2.75) is 13.3 Å². The SMILES string of the molecule is Cc1ccc2[nH]ncc2c1-c1c(Cl)cc2c(N3CCNCC3)nc(CCN(C)C)nc2c1F. The first-order valence-electron chi connectivity index (χ1n) is 11.2. The van der Waals surface area contributed by atoms with Crippen LogP contribution in [0.4, 0.5) is 10.2 Å². The molecule has 2 aromatic carbocycles. The van der Waals surface area contributed by atoms with Crippen molar-refractivity contribution >= 4 is 39.2 Å². The van der Waals surface area contributed by atoms with Crippen molar-refractivity contribution in [3.8, 4) is 11.1 Å². The average molecular weight is 468 g/mol. The number of hydrogen-bond acceptors (Lipinski definition) is 6. The van der Waals surface area contributed by atoms with E-state index < -0.39 is 5.82 Å². The summed E-state index contributed by atoms with van der Waals surface area (Å²) in [5.41, 5.74) is 3.17. The normalized spacial score (nSPS) is 14.7. The van der Waals surface area contributed by atoms with Gasteiger partial charge in [-0.1, -0.05) is 17.7 Å². The Labute approximate surface area is 197 Å². The minimum absolute atomic E-state index is 0.312. The van der Waals surface area contributed by atoms with Crippen molar-refractivity contribution in [1.29, 1.82) is 0 Å². The quantitative estimate of drug-likeness (QED) is 0.465. The van der Waals surface area contributed by atoms with Gasteiger partial charge in [-0.2, -0.15) is 5.10 Å². The predicted octanol–water partition coefficient (Wildman–Crippen LogP) is 3.79. The minimum atomic E-state index is -0.417. The number of nitrogens with one attached hydrogen (secondary N) is 2. The van der Waals surface area contributed by atoms with Gasteiger partial charge in [-0.3, -0.25) is 5.10 Å². The lowest BCUT2D eigenvalue weighted by Crippen LogP contribution is -2.44. The Kier molecular flexibility index (Phi) is 5.90. The molecule has 33 heavy (non-hydrogen) atoms. The molecule has 0 unspecified atom stereocenters. The first-order valence-corrected chi connectivity index (χ1v) is 11.5. The van der Waals surface area contributed by atoms with Crippen molar-refractivity contribution in [2.75, 3.05) is 51.7 Å². The second-order valence-corrected chi connectivity index (χ2v) is 9.19. The zero-order valence-corrected chi connectivity index (χ0v) is 19.8. The summed E-state index contributed by atoms with van der Waals surface area (Å²) in [4.78, 5) is 13.8. The van der Waals surface area contributed by atoms with E-state index >= 15 is 4.39 Å². The smallest absolute Gasteiger partial charge is 0.158 e. The van der Waals surface area contributed by atoms with Gasteiger partial charge in [0.25, 0.3) is 0 Å². The third-order valence-electron chi connectivity index (χ3n) is 6.19. The van der Waals surface area contributed by atoms with Crippen molar-refractivity contribution < 1.29 is 4.39 Å². The number of benzene rings is 2. The molecule has 7 nitrogen and oxygen atoms in total. The molecule has 2 N–H and O–H groups in total. The second kappa shape index (κ2) is 8.85. The summed E-state index contributed by atoms with van der Waals surface area (Å²) in [5, 5.41) is 12.3. The third kappa shape index (κ3) is 4.03. The lowest BCUT2D eigenvalue weighted by atomic mass is 9.95. The van der Waals surface area contributed by atoms with Crippen LogP contribution in [0.2, 0.25) is 5.02 Å². The number of nitrogens with zero attached hydrogens (tertiary/aromatic N) is 5. The second-order valence-electron chi connectivity index (χ2n) is 8.79. The summed E-state index contributed by atoms with van der Waals surface area (Å²) in [6.07, 6.45) is 2.35. The van der Waals surface area contributed by atoms with E-state index in [0.717, 1.165) is 60.6 Å². The van der Waals surface area contributed by atoms with Crippen LogP contribution in [0.3, 0.4) is 0 Å². The molecule has 3 heterocycles. The minimum Gasteiger partial charge on any atom is -0.353 e. The zero-order valence-electron chi connectivity index (χ0n) is 19.0. The molecular formula is C24H27ClFN7. The van der Waals surface area contributed by atoms with E-state index in [0.29, 0.717) is 33.7 Å². The summed E-state index contributed by atoms with van der Waals surface area (Å²) >= 11 is 6.77. The van der Waals surface area contributed by atoms with Crippen LogP contribution >= 0.6 is 11.6 Å². The molecule has 1 fully saturated rings. The van der Waals surface area contributed by atoms with E-state index in [-0.39, 0.29) is 0 Å². The predicted molar refractivity (Wildman–Crippen MR) is 132 cm³/mol. The molecular weight excluding hydrogens is 441 g/mol. The van der Waals surface area contributed by atoms with E-state index in [1.165, 1.54) is 0 Å². The van der Waals surface area contributed by atoms with Gasteiger partial charge in [0, 0.05) is 61.0 Å². The largest absolute Gasteiger partial charge is 0.353 e. The van der Waals surface area contributed by atoms with Crippen LogP contribution in [0.25, 0.3) is 32.9 Å². The van der Waals surface area contributed by atoms with Crippen LogP contribution < -0.4 is 10.2 Å². The van der Waals surface area contributed by atoms with E-state index in [2.05, 4.69) is 30.3 Å². The maximum absolute atomic E-state index is 16.3. The third-order valence-corrected chi connectivity index (χ3v) is 6.49. The maximum atomic E-state index is 16.3. The number of hydrogen-bond donors (Lipinski definition) is 2. The van der Waals surface area contributed by atoms with Crippen molar-refractivity contribution in [1.82, 2.24) is 30.4 Å². The molecule has 0 spiro atoms. The van der Waals surface area contributed by atoms with Crippen LogP contribution in [0.1, 0.15) is 11.4 Å². The molecule has 1 aliphatic rings. The van der Waals surface area contributed by atoms with Crippen LogP contribution in [0, 0.1) is 12.7 Å². The summed E-state index contributed by atoms with van der Waals surface area (Å²) in [6, 6.07) is 5.71. The molecule has 4 aromatic rings.